The summed E-state index contributed by atoms with van der Waals surface area (Å²) < 4.78 is 15.4. The van der Waals surface area contributed by atoms with Crippen LogP contribution in [0.5, 0.6) is 0 Å². The molecular weight excluding hydrogens is 517 g/mol. The molecule has 1 fully saturated rings. The Kier molecular flexibility index (Phi) is 7.60. The zero-order valence-electron chi connectivity index (χ0n) is 22.0. The third-order valence-electron chi connectivity index (χ3n) is 6.60. The number of hydrogen-bond acceptors (Lipinski definition) is 6. The Hall–Kier alpha value is -4.25. The third-order valence-corrected chi connectivity index (χ3v) is 7.38. The average molecular weight is 548 g/mol. The molecule has 202 valence electrons. The fourth-order valence-electron chi connectivity index (χ4n) is 4.73. The number of aryl methyl sites for hydroxylation is 1. The quantitative estimate of drug-likeness (QED) is 0.297. The maximum Gasteiger partial charge on any atom is 0.321 e. The van der Waals surface area contributed by atoms with Crippen molar-refractivity contribution < 1.29 is 14.0 Å². The molecule has 1 unspecified atom stereocenters. The Balaban J connectivity index is 1.27. The number of carbonyl (C=O) groups is 2. The zero-order valence-corrected chi connectivity index (χ0v) is 22.8. The number of anilines is 3. The number of carbonyl (C=O) groups excluding carboxylic acids is 2. The highest BCUT2D eigenvalue weighted by Crippen LogP contribution is 2.37. The summed E-state index contributed by atoms with van der Waals surface area (Å²) in [5, 5.41) is 8.32. The van der Waals surface area contributed by atoms with Gasteiger partial charge in [-0.1, -0.05) is 0 Å². The maximum absolute atomic E-state index is 13.6. The summed E-state index contributed by atoms with van der Waals surface area (Å²) >= 11 is 1.40. The van der Waals surface area contributed by atoms with Crippen LogP contribution in [0, 0.1) is 12.9 Å². The third kappa shape index (κ3) is 6.09. The number of nitrogens with one attached hydrogen (secondary N) is 2. The normalized spacial score (nSPS) is 14.9. The molecule has 0 radical (unpaired) electrons. The van der Waals surface area contributed by atoms with Crippen LogP contribution in [0.1, 0.15) is 46.2 Å². The van der Waals surface area contributed by atoms with Crippen LogP contribution in [0.3, 0.4) is 0 Å². The predicted octanol–water partition coefficient (Wildman–Crippen LogP) is 5.52. The lowest BCUT2D eigenvalue weighted by Crippen LogP contribution is -2.27. The molecule has 2 N–H and O–H groups in total. The lowest BCUT2D eigenvalue weighted by molar-refractivity contribution is 0.101. The van der Waals surface area contributed by atoms with Crippen molar-refractivity contribution in [3.8, 4) is 0 Å². The molecule has 0 aliphatic carbocycles. The van der Waals surface area contributed by atoms with Gasteiger partial charge in [0.2, 0.25) is 5.95 Å². The van der Waals surface area contributed by atoms with Gasteiger partial charge in [-0.25, -0.2) is 14.8 Å². The first-order chi connectivity index (χ1) is 18.8. The molecule has 4 heterocycles. The van der Waals surface area contributed by atoms with E-state index in [1.54, 1.807) is 24.7 Å². The van der Waals surface area contributed by atoms with Gasteiger partial charge in [0.05, 0.1) is 11.7 Å². The molecule has 11 heteroatoms. The number of rotatable bonds is 7. The number of aromatic nitrogens is 3. The van der Waals surface area contributed by atoms with E-state index in [0.29, 0.717) is 17.4 Å². The molecule has 0 bridgehead atoms. The summed E-state index contributed by atoms with van der Waals surface area (Å²) in [6, 6.07) is 12.6. The van der Waals surface area contributed by atoms with Gasteiger partial charge < -0.3 is 19.7 Å². The van der Waals surface area contributed by atoms with E-state index in [0.717, 1.165) is 47.6 Å². The topological polar surface area (TPSA) is 95.4 Å². The molecule has 1 aromatic carbocycles. The first kappa shape index (κ1) is 26.4. The Labute approximate surface area is 230 Å². The number of urea groups is 1. The van der Waals surface area contributed by atoms with E-state index in [1.165, 1.54) is 28.5 Å². The van der Waals surface area contributed by atoms with Crippen molar-refractivity contribution in [1.29, 1.82) is 0 Å². The monoisotopic (exact) mass is 547 g/mol. The fraction of sp³-hybridized carbons (Fsp3) is 0.286. The van der Waals surface area contributed by atoms with E-state index in [1.807, 2.05) is 48.8 Å². The van der Waals surface area contributed by atoms with Crippen molar-refractivity contribution >= 4 is 39.8 Å². The molecule has 0 saturated carbocycles. The summed E-state index contributed by atoms with van der Waals surface area (Å²) in [4.78, 5) is 37.3. The molecule has 1 saturated heterocycles. The number of hydrogen-bond donors (Lipinski definition) is 2. The van der Waals surface area contributed by atoms with Crippen molar-refractivity contribution in [3.63, 3.8) is 0 Å². The molecule has 3 amide bonds. The van der Waals surface area contributed by atoms with Gasteiger partial charge in [0.25, 0.3) is 5.91 Å². The van der Waals surface area contributed by atoms with Gasteiger partial charge in [0.15, 0.2) is 5.13 Å². The van der Waals surface area contributed by atoms with Crippen LogP contribution in [0.15, 0.2) is 60.2 Å². The Morgan fingerprint density at radius 2 is 1.95 bits per heavy atom. The molecule has 1 atom stereocenters. The molecule has 3 aromatic heterocycles. The van der Waals surface area contributed by atoms with Crippen LogP contribution in [0.25, 0.3) is 0 Å². The van der Waals surface area contributed by atoms with Gasteiger partial charge in [0, 0.05) is 56.3 Å². The van der Waals surface area contributed by atoms with E-state index in [2.05, 4.69) is 20.5 Å². The zero-order chi connectivity index (χ0) is 27.5. The van der Waals surface area contributed by atoms with Crippen LogP contribution >= 0.6 is 11.3 Å². The lowest BCUT2D eigenvalue weighted by Gasteiger charge is -2.26. The second-order valence-corrected chi connectivity index (χ2v) is 10.6. The van der Waals surface area contributed by atoms with Gasteiger partial charge >= 0.3 is 6.03 Å². The van der Waals surface area contributed by atoms with E-state index in [-0.39, 0.29) is 18.0 Å². The summed E-state index contributed by atoms with van der Waals surface area (Å²) in [7, 11) is 3.40. The second kappa shape index (κ2) is 11.2. The Morgan fingerprint density at radius 3 is 2.69 bits per heavy atom. The van der Waals surface area contributed by atoms with Crippen molar-refractivity contribution in [1.82, 2.24) is 19.4 Å². The Bertz CT molecular complexity index is 1480. The molecule has 39 heavy (non-hydrogen) atoms. The van der Waals surface area contributed by atoms with Crippen LogP contribution in [-0.2, 0) is 6.54 Å². The summed E-state index contributed by atoms with van der Waals surface area (Å²) in [5.41, 5.74) is 4.84. The lowest BCUT2D eigenvalue weighted by atomic mass is 10.1. The smallest absolute Gasteiger partial charge is 0.321 e. The van der Waals surface area contributed by atoms with Crippen molar-refractivity contribution in [2.75, 3.05) is 36.2 Å². The van der Waals surface area contributed by atoms with E-state index >= 15 is 0 Å². The van der Waals surface area contributed by atoms with Gasteiger partial charge in [-0.05, 0) is 73.4 Å². The molecule has 0 spiro atoms. The van der Waals surface area contributed by atoms with Gasteiger partial charge in [0.1, 0.15) is 5.69 Å². The van der Waals surface area contributed by atoms with Crippen LogP contribution in [0.2, 0.25) is 0 Å². The molecule has 9 nitrogen and oxygen atoms in total. The number of nitrogens with zero attached hydrogens (tertiary/aromatic N) is 5. The SMILES string of the molecule is Cc1cc(C(=O)Nc2nc(C3CCCN3c3ccc(NC(=O)N(C)C)cc3)cs2)n(Cc2ccnc(F)c2)c1. The largest absolute Gasteiger partial charge is 0.363 e. The number of amides is 3. The Morgan fingerprint density at radius 1 is 1.15 bits per heavy atom. The minimum absolute atomic E-state index is 0.0989. The predicted molar refractivity (Wildman–Crippen MR) is 151 cm³/mol. The van der Waals surface area contributed by atoms with Gasteiger partial charge in [-0.15, -0.1) is 11.3 Å². The summed E-state index contributed by atoms with van der Waals surface area (Å²) in [6.07, 6.45) is 5.28. The minimum Gasteiger partial charge on any atom is -0.363 e. The van der Waals surface area contributed by atoms with Crippen molar-refractivity contribution in [2.45, 2.75) is 32.4 Å². The first-order valence-corrected chi connectivity index (χ1v) is 13.5. The van der Waals surface area contributed by atoms with E-state index in [4.69, 9.17) is 4.98 Å². The number of benzene rings is 1. The van der Waals surface area contributed by atoms with Crippen LogP contribution in [-0.4, -0.2) is 52.0 Å². The van der Waals surface area contributed by atoms with Gasteiger partial charge in [-0.2, -0.15) is 4.39 Å². The summed E-state index contributed by atoms with van der Waals surface area (Å²) in [5.74, 6) is -0.817. The minimum atomic E-state index is -0.550. The highest BCUT2D eigenvalue weighted by Gasteiger charge is 2.28. The number of pyridine rings is 1. The fourth-order valence-corrected chi connectivity index (χ4v) is 5.48. The van der Waals surface area contributed by atoms with E-state index in [9.17, 15) is 14.0 Å². The van der Waals surface area contributed by atoms with Crippen molar-refractivity contribution in [2.24, 2.45) is 0 Å². The average Bonchev–Trinajstić information content (AvgIpc) is 3.64. The second-order valence-electron chi connectivity index (χ2n) is 9.77. The highest BCUT2D eigenvalue weighted by molar-refractivity contribution is 7.14. The number of halogens is 1. The van der Waals surface area contributed by atoms with Gasteiger partial charge in [-0.3, -0.25) is 10.1 Å². The molecule has 1 aliphatic heterocycles. The molecular formula is C28H30FN7O2S. The highest BCUT2D eigenvalue weighted by atomic mass is 32.1. The molecule has 1 aliphatic rings. The maximum atomic E-state index is 13.6. The number of thiazole rings is 1. The van der Waals surface area contributed by atoms with Crippen LogP contribution in [0.4, 0.5) is 25.7 Å². The standard InChI is InChI=1S/C28H30FN7O2S/c1-18-13-24(35(15-18)16-19-10-11-30-25(29)14-19)26(37)33-27-32-22(17-39-27)23-5-4-12-36(23)21-8-6-20(7-9-21)31-28(38)34(2)3/h6-11,13-15,17,23H,4-5,12,16H2,1-3H3,(H,31,38)(H,32,33,37). The molecule has 4 aromatic rings. The first-order valence-electron chi connectivity index (χ1n) is 12.7. The van der Waals surface area contributed by atoms with Crippen molar-refractivity contribution in [3.05, 3.63) is 88.7 Å². The summed E-state index contributed by atoms with van der Waals surface area (Å²) in [6.45, 7) is 3.17. The van der Waals surface area contributed by atoms with Crippen LogP contribution < -0.4 is 15.5 Å². The molecule has 5 rings (SSSR count). The van der Waals surface area contributed by atoms with E-state index < -0.39 is 5.95 Å².